The second kappa shape index (κ2) is 10.0. The van der Waals surface area contributed by atoms with Crippen LogP contribution in [-0.2, 0) is 16.0 Å². The number of para-hydroxylation sites is 1. The molecule has 0 radical (unpaired) electrons. The third-order valence-electron chi connectivity index (χ3n) is 5.94. The van der Waals surface area contributed by atoms with Gasteiger partial charge in [0.15, 0.2) is 6.61 Å². The van der Waals surface area contributed by atoms with Crippen molar-refractivity contribution in [1.29, 1.82) is 0 Å². The molecule has 3 aromatic rings. The Balaban J connectivity index is 1.50. The van der Waals surface area contributed by atoms with Gasteiger partial charge in [-0.2, -0.15) is 0 Å². The average molecular weight is 449 g/mol. The zero-order valence-electron chi connectivity index (χ0n) is 18.5. The van der Waals surface area contributed by atoms with Crippen LogP contribution in [0.15, 0.2) is 66.0 Å². The van der Waals surface area contributed by atoms with Crippen LogP contribution in [0, 0.1) is 6.92 Å². The van der Waals surface area contributed by atoms with Gasteiger partial charge in [0, 0.05) is 18.0 Å². The van der Waals surface area contributed by atoms with Crippen LogP contribution in [0.4, 0.5) is 0 Å². The van der Waals surface area contributed by atoms with Crippen LogP contribution >= 0.6 is 11.3 Å². The van der Waals surface area contributed by atoms with Crippen molar-refractivity contribution < 1.29 is 14.3 Å². The fourth-order valence-electron chi connectivity index (χ4n) is 4.20. The highest BCUT2D eigenvalue weighted by molar-refractivity contribution is 7.10. The number of carbonyl (C=O) groups excluding carboxylic acids is 2. The number of rotatable bonds is 7. The zero-order chi connectivity index (χ0) is 22.5. The summed E-state index contributed by atoms with van der Waals surface area (Å²) in [5.41, 5.74) is 3.50. The van der Waals surface area contributed by atoms with Gasteiger partial charge in [-0.1, -0.05) is 42.5 Å². The molecular formula is C26H28N2O3S. The molecule has 6 heteroatoms. The van der Waals surface area contributed by atoms with E-state index in [1.807, 2.05) is 54.3 Å². The van der Waals surface area contributed by atoms with E-state index in [9.17, 15) is 9.59 Å². The summed E-state index contributed by atoms with van der Waals surface area (Å²) < 4.78 is 5.61. The number of likely N-dealkylation sites (N-methyl/N-ethyl adjacent to an activating group) is 1. The Labute approximate surface area is 193 Å². The van der Waals surface area contributed by atoms with E-state index in [1.165, 1.54) is 10.4 Å². The Kier molecular flexibility index (Phi) is 6.90. The number of aryl methyl sites for hydroxylation is 1. The number of ether oxygens (including phenoxy) is 1. The van der Waals surface area contributed by atoms with Gasteiger partial charge < -0.3 is 14.5 Å². The van der Waals surface area contributed by atoms with Gasteiger partial charge in [0.05, 0.1) is 12.6 Å². The van der Waals surface area contributed by atoms with Crippen LogP contribution in [-0.4, -0.2) is 47.9 Å². The van der Waals surface area contributed by atoms with Crippen LogP contribution in [0.5, 0.6) is 5.75 Å². The highest BCUT2D eigenvalue weighted by Crippen LogP contribution is 2.38. The molecular weight excluding hydrogens is 420 g/mol. The lowest BCUT2D eigenvalue weighted by Gasteiger charge is -2.38. The molecule has 1 atom stereocenters. The highest BCUT2D eigenvalue weighted by atomic mass is 32.1. The normalized spacial score (nSPS) is 15.2. The number of benzene rings is 2. The predicted molar refractivity (Wildman–Crippen MR) is 127 cm³/mol. The Morgan fingerprint density at radius 1 is 1.06 bits per heavy atom. The summed E-state index contributed by atoms with van der Waals surface area (Å²) in [6.45, 7) is 5.05. The first kappa shape index (κ1) is 22.1. The molecule has 0 bridgehead atoms. The van der Waals surface area contributed by atoms with Crippen molar-refractivity contribution in [2.75, 3.05) is 26.2 Å². The number of amides is 2. The van der Waals surface area contributed by atoms with Crippen molar-refractivity contribution in [2.24, 2.45) is 0 Å². The summed E-state index contributed by atoms with van der Waals surface area (Å²) in [6.07, 6.45) is 0.846. The Bertz CT molecular complexity index is 1080. The lowest BCUT2D eigenvalue weighted by Crippen LogP contribution is -2.47. The average Bonchev–Trinajstić information content (AvgIpc) is 3.30. The molecule has 32 heavy (non-hydrogen) atoms. The number of hydrogen-bond donors (Lipinski definition) is 0. The Morgan fingerprint density at radius 2 is 1.81 bits per heavy atom. The minimum atomic E-state index is -0.189. The van der Waals surface area contributed by atoms with Gasteiger partial charge in [0.25, 0.3) is 5.91 Å². The van der Waals surface area contributed by atoms with Crippen molar-refractivity contribution in [2.45, 2.75) is 26.3 Å². The molecule has 0 N–H and O–H groups in total. The molecule has 0 fully saturated rings. The quantitative estimate of drug-likeness (QED) is 0.536. The monoisotopic (exact) mass is 448 g/mol. The molecule has 5 nitrogen and oxygen atoms in total. The molecule has 0 saturated carbocycles. The molecule has 0 aliphatic carbocycles. The maximum atomic E-state index is 13.5. The highest BCUT2D eigenvalue weighted by Gasteiger charge is 2.34. The van der Waals surface area contributed by atoms with E-state index in [0.717, 1.165) is 17.5 Å². The van der Waals surface area contributed by atoms with Gasteiger partial charge in [-0.15, -0.1) is 11.3 Å². The van der Waals surface area contributed by atoms with E-state index < -0.39 is 0 Å². The zero-order valence-corrected chi connectivity index (χ0v) is 19.3. The van der Waals surface area contributed by atoms with E-state index >= 15 is 0 Å². The van der Waals surface area contributed by atoms with Crippen molar-refractivity contribution in [3.63, 3.8) is 0 Å². The van der Waals surface area contributed by atoms with E-state index in [4.69, 9.17) is 4.74 Å². The molecule has 1 unspecified atom stereocenters. The van der Waals surface area contributed by atoms with Crippen molar-refractivity contribution in [3.8, 4) is 5.75 Å². The molecule has 1 aliphatic heterocycles. The van der Waals surface area contributed by atoms with Gasteiger partial charge in [-0.25, -0.2) is 0 Å². The lowest BCUT2D eigenvalue weighted by atomic mass is 9.90. The van der Waals surface area contributed by atoms with E-state index in [-0.39, 0.29) is 31.0 Å². The van der Waals surface area contributed by atoms with Crippen molar-refractivity contribution >= 4 is 23.2 Å². The molecule has 166 valence electrons. The molecule has 0 spiro atoms. The third kappa shape index (κ3) is 4.70. The second-order valence-electron chi connectivity index (χ2n) is 7.91. The van der Waals surface area contributed by atoms with Gasteiger partial charge in [-0.05, 0) is 60.5 Å². The number of carbonyl (C=O) groups is 2. The number of thiophene rings is 1. The van der Waals surface area contributed by atoms with Crippen LogP contribution < -0.4 is 4.74 Å². The van der Waals surface area contributed by atoms with Crippen molar-refractivity contribution in [3.05, 3.63) is 87.6 Å². The fraction of sp³-hybridized carbons (Fsp3) is 0.308. The molecule has 4 rings (SSSR count). The smallest absolute Gasteiger partial charge is 0.260 e. The molecule has 2 aromatic carbocycles. The van der Waals surface area contributed by atoms with E-state index in [0.29, 0.717) is 18.8 Å². The van der Waals surface area contributed by atoms with Crippen LogP contribution in [0.3, 0.4) is 0 Å². The fourth-order valence-corrected chi connectivity index (χ4v) is 5.10. The van der Waals surface area contributed by atoms with E-state index in [2.05, 4.69) is 30.5 Å². The summed E-state index contributed by atoms with van der Waals surface area (Å²) in [4.78, 5) is 31.1. The SMILES string of the molecule is CCN(CC(=O)N1CCc2sccc2C1c1ccccc1C)C(=O)COc1ccccc1. The molecule has 1 aromatic heterocycles. The summed E-state index contributed by atoms with van der Waals surface area (Å²) in [5, 5.41) is 2.10. The largest absolute Gasteiger partial charge is 0.484 e. The van der Waals surface area contributed by atoms with Crippen LogP contribution in [0.2, 0.25) is 0 Å². The number of nitrogens with zero attached hydrogens (tertiary/aromatic N) is 2. The van der Waals surface area contributed by atoms with Crippen LogP contribution in [0.1, 0.15) is 34.5 Å². The first-order chi connectivity index (χ1) is 15.6. The lowest BCUT2D eigenvalue weighted by molar-refractivity contribution is -0.142. The predicted octanol–water partition coefficient (Wildman–Crippen LogP) is 4.46. The topological polar surface area (TPSA) is 49.9 Å². The summed E-state index contributed by atoms with van der Waals surface area (Å²) >= 11 is 1.75. The summed E-state index contributed by atoms with van der Waals surface area (Å²) in [7, 11) is 0. The first-order valence-corrected chi connectivity index (χ1v) is 11.8. The van der Waals surface area contributed by atoms with Gasteiger partial charge in [0.2, 0.25) is 5.91 Å². The molecule has 1 aliphatic rings. The standard InChI is InChI=1S/C26H28N2O3S/c1-3-27(25(30)18-31-20-10-5-4-6-11-20)17-24(29)28-15-13-23-22(14-16-32-23)26(28)21-12-8-7-9-19(21)2/h4-12,14,16,26H,3,13,15,17-18H2,1-2H3. The molecule has 0 saturated heterocycles. The molecule has 2 amide bonds. The van der Waals surface area contributed by atoms with Gasteiger partial charge in [-0.3, -0.25) is 9.59 Å². The minimum absolute atomic E-state index is 0.0370. The second-order valence-corrected chi connectivity index (χ2v) is 8.91. The van der Waals surface area contributed by atoms with Crippen molar-refractivity contribution in [1.82, 2.24) is 9.80 Å². The Hall–Kier alpha value is -3.12. The number of fused-ring (bicyclic) bond motifs is 1. The van der Waals surface area contributed by atoms with Gasteiger partial charge >= 0.3 is 0 Å². The summed E-state index contributed by atoms with van der Waals surface area (Å²) in [6, 6.07) is 19.5. The Morgan fingerprint density at radius 3 is 2.56 bits per heavy atom. The third-order valence-corrected chi connectivity index (χ3v) is 6.93. The molecule has 2 heterocycles. The maximum absolute atomic E-state index is 13.5. The maximum Gasteiger partial charge on any atom is 0.260 e. The summed E-state index contributed by atoms with van der Waals surface area (Å²) in [5.74, 6) is 0.416. The van der Waals surface area contributed by atoms with Gasteiger partial charge in [0.1, 0.15) is 5.75 Å². The van der Waals surface area contributed by atoms with Crippen LogP contribution in [0.25, 0.3) is 0 Å². The first-order valence-electron chi connectivity index (χ1n) is 11.0. The number of hydrogen-bond acceptors (Lipinski definition) is 4. The van der Waals surface area contributed by atoms with E-state index in [1.54, 1.807) is 16.2 Å². The minimum Gasteiger partial charge on any atom is -0.484 e.